The quantitative estimate of drug-likeness (QED) is 0.872. The van der Waals surface area contributed by atoms with Crippen LogP contribution in [0.3, 0.4) is 0 Å². The minimum atomic E-state index is 0.155. The van der Waals surface area contributed by atoms with Crippen LogP contribution in [0.2, 0.25) is 0 Å². The van der Waals surface area contributed by atoms with Crippen molar-refractivity contribution in [3.8, 4) is 0 Å². The fourth-order valence-corrected chi connectivity index (χ4v) is 2.90. The number of imidazole rings is 1. The van der Waals surface area contributed by atoms with Crippen LogP contribution in [0.15, 0.2) is 18.6 Å². The van der Waals surface area contributed by atoms with Crippen molar-refractivity contribution in [3.05, 3.63) is 34.3 Å². The standard InChI is InChI=1S/C13H20N4S/c1-4-7-17-8-6-15-13(17)12(14-5-2)11-9-16-10(3)18-11/h6,8-9,12,14H,4-5,7H2,1-3H3. The van der Waals surface area contributed by atoms with Gasteiger partial charge in [-0.25, -0.2) is 9.97 Å². The summed E-state index contributed by atoms with van der Waals surface area (Å²) in [5, 5.41) is 4.60. The Morgan fingerprint density at radius 2 is 2.22 bits per heavy atom. The fourth-order valence-electron chi connectivity index (χ4n) is 2.05. The molecule has 0 aromatic carbocycles. The summed E-state index contributed by atoms with van der Waals surface area (Å²) in [6.07, 6.45) is 7.00. The Morgan fingerprint density at radius 1 is 1.39 bits per heavy atom. The van der Waals surface area contributed by atoms with E-state index in [1.165, 1.54) is 4.88 Å². The molecule has 2 rings (SSSR count). The van der Waals surface area contributed by atoms with Crippen molar-refractivity contribution in [1.82, 2.24) is 19.9 Å². The SMILES string of the molecule is CCCn1ccnc1C(NCC)c1cnc(C)s1. The average molecular weight is 264 g/mol. The Labute approximate surface area is 112 Å². The van der Waals surface area contributed by atoms with Crippen LogP contribution in [0, 0.1) is 6.92 Å². The van der Waals surface area contributed by atoms with E-state index < -0.39 is 0 Å². The summed E-state index contributed by atoms with van der Waals surface area (Å²) in [7, 11) is 0. The van der Waals surface area contributed by atoms with Gasteiger partial charge in [0.15, 0.2) is 0 Å². The smallest absolute Gasteiger partial charge is 0.131 e. The van der Waals surface area contributed by atoms with E-state index in [4.69, 9.17) is 0 Å². The highest BCUT2D eigenvalue weighted by Gasteiger charge is 2.20. The van der Waals surface area contributed by atoms with Crippen molar-refractivity contribution >= 4 is 11.3 Å². The molecule has 0 aliphatic heterocycles. The molecule has 0 bridgehead atoms. The molecule has 0 spiro atoms. The van der Waals surface area contributed by atoms with Crippen molar-refractivity contribution < 1.29 is 0 Å². The Kier molecular flexibility index (Phi) is 4.49. The van der Waals surface area contributed by atoms with Gasteiger partial charge in [-0.15, -0.1) is 11.3 Å². The van der Waals surface area contributed by atoms with Gasteiger partial charge in [0.25, 0.3) is 0 Å². The minimum absolute atomic E-state index is 0.155. The third-order valence-electron chi connectivity index (χ3n) is 2.80. The number of aryl methyl sites for hydroxylation is 2. The monoisotopic (exact) mass is 264 g/mol. The molecule has 2 heterocycles. The number of rotatable bonds is 6. The summed E-state index contributed by atoms with van der Waals surface area (Å²) >= 11 is 1.73. The van der Waals surface area contributed by atoms with Gasteiger partial charge in [0.2, 0.25) is 0 Å². The van der Waals surface area contributed by atoms with E-state index >= 15 is 0 Å². The van der Waals surface area contributed by atoms with Crippen molar-refractivity contribution in [3.63, 3.8) is 0 Å². The van der Waals surface area contributed by atoms with Gasteiger partial charge in [0, 0.05) is 30.0 Å². The molecule has 98 valence electrons. The maximum absolute atomic E-state index is 4.52. The normalized spacial score (nSPS) is 12.8. The molecule has 5 heteroatoms. The molecule has 0 saturated carbocycles. The maximum atomic E-state index is 4.52. The summed E-state index contributed by atoms with van der Waals surface area (Å²) < 4.78 is 2.22. The minimum Gasteiger partial charge on any atom is -0.333 e. The van der Waals surface area contributed by atoms with Gasteiger partial charge < -0.3 is 9.88 Å². The lowest BCUT2D eigenvalue weighted by Gasteiger charge is -2.17. The summed E-state index contributed by atoms with van der Waals surface area (Å²) in [5.41, 5.74) is 0. The molecular weight excluding hydrogens is 244 g/mol. The zero-order chi connectivity index (χ0) is 13.0. The molecule has 1 atom stereocenters. The lowest BCUT2D eigenvalue weighted by molar-refractivity contribution is 0.549. The second kappa shape index (κ2) is 6.11. The molecule has 0 amide bonds. The van der Waals surface area contributed by atoms with E-state index in [2.05, 4.69) is 39.9 Å². The molecule has 0 aliphatic rings. The molecular formula is C13H20N4S. The summed E-state index contributed by atoms with van der Waals surface area (Å²) in [5.74, 6) is 1.09. The largest absolute Gasteiger partial charge is 0.333 e. The molecule has 2 aromatic heterocycles. The Bertz CT molecular complexity index is 489. The highest BCUT2D eigenvalue weighted by atomic mass is 32.1. The van der Waals surface area contributed by atoms with Crippen LogP contribution in [0.5, 0.6) is 0 Å². The van der Waals surface area contributed by atoms with E-state index in [1.54, 1.807) is 11.3 Å². The van der Waals surface area contributed by atoms with Crippen molar-refractivity contribution in [1.29, 1.82) is 0 Å². The van der Waals surface area contributed by atoms with Crippen LogP contribution in [-0.4, -0.2) is 21.1 Å². The molecule has 1 N–H and O–H groups in total. The van der Waals surface area contributed by atoms with E-state index in [0.717, 1.165) is 30.3 Å². The summed E-state index contributed by atoms with van der Waals surface area (Å²) in [6, 6.07) is 0.155. The van der Waals surface area contributed by atoms with E-state index in [-0.39, 0.29) is 6.04 Å². The van der Waals surface area contributed by atoms with Gasteiger partial charge in [0.05, 0.1) is 5.01 Å². The molecule has 0 aliphatic carbocycles. The van der Waals surface area contributed by atoms with Crippen LogP contribution in [0.1, 0.15) is 42.0 Å². The highest BCUT2D eigenvalue weighted by molar-refractivity contribution is 7.11. The second-order valence-corrected chi connectivity index (χ2v) is 5.52. The first-order chi connectivity index (χ1) is 8.76. The molecule has 4 nitrogen and oxygen atoms in total. The first kappa shape index (κ1) is 13.2. The molecule has 18 heavy (non-hydrogen) atoms. The molecule has 1 unspecified atom stereocenters. The predicted molar refractivity (Wildman–Crippen MR) is 74.9 cm³/mol. The van der Waals surface area contributed by atoms with Crippen molar-refractivity contribution in [2.45, 2.75) is 39.8 Å². The first-order valence-electron chi connectivity index (χ1n) is 6.43. The van der Waals surface area contributed by atoms with Gasteiger partial charge in [-0.1, -0.05) is 13.8 Å². The Balaban J connectivity index is 2.31. The van der Waals surface area contributed by atoms with E-state index in [9.17, 15) is 0 Å². The highest BCUT2D eigenvalue weighted by Crippen LogP contribution is 2.25. The number of hydrogen-bond acceptors (Lipinski definition) is 4. The van der Waals surface area contributed by atoms with Gasteiger partial charge in [-0.2, -0.15) is 0 Å². The van der Waals surface area contributed by atoms with Gasteiger partial charge in [0.1, 0.15) is 11.9 Å². The van der Waals surface area contributed by atoms with Crippen LogP contribution >= 0.6 is 11.3 Å². The van der Waals surface area contributed by atoms with E-state index in [0.29, 0.717) is 0 Å². The number of thiazole rings is 1. The Hall–Kier alpha value is -1.20. The summed E-state index contributed by atoms with van der Waals surface area (Å²) in [4.78, 5) is 10.1. The number of hydrogen-bond donors (Lipinski definition) is 1. The van der Waals surface area contributed by atoms with Crippen molar-refractivity contribution in [2.75, 3.05) is 6.54 Å². The predicted octanol–water partition coefficient (Wildman–Crippen LogP) is 2.76. The lowest BCUT2D eigenvalue weighted by Crippen LogP contribution is -2.24. The average Bonchev–Trinajstić information content (AvgIpc) is 2.96. The number of nitrogens with zero attached hydrogens (tertiary/aromatic N) is 3. The summed E-state index contributed by atoms with van der Waals surface area (Å²) in [6.45, 7) is 8.27. The van der Waals surface area contributed by atoms with Crippen LogP contribution < -0.4 is 5.32 Å². The Morgan fingerprint density at radius 3 is 2.83 bits per heavy atom. The lowest BCUT2D eigenvalue weighted by atomic mass is 10.2. The van der Waals surface area contributed by atoms with E-state index in [1.807, 2.05) is 19.3 Å². The number of nitrogens with one attached hydrogen (secondary N) is 1. The fraction of sp³-hybridized carbons (Fsp3) is 0.538. The maximum Gasteiger partial charge on any atom is 0.131 e. The second-order valence-electron chi connectivity index (χ2n) is 4.25. The molecule has 0 saturated heterocycles. The van der Waals surface area contributed by atoms with Gasteiger partial charge in [-0.3, -0.25) is 0 Å². The topological polar surface area (TPSA) is 42.7 Å². The number of aromatic nitrogens is 3. The molecule has 0 radical (unpaired) electrons. The van der Waals surface area contributed by atoms with Gasteiger partial charge >= 0.3 is 0 Å². The van der Waals surface area contributed by atoms with Gasteiger partial charge in [-0.05, 0) is 19.9 Å². The van der Waals surface area contributed by atoms with Crippen LogP contribution in [0.4, 0.5) is 0 Å². The molecule has 0 fully saturated rings. The zero-order valence-corrected chi connectivity index (χ0v) is 12.0. The molecule has 2 aromatic rings. The third kappa shape index (κ3) is 2.79. The third-order valence-corrected chi connectivity index (χ3v) is 3.78. The van der Waals surface area contributed by atoms with Crippen molar-refractivity contribution in [2.24, 2.45) is 0 Å². The van der Waals surface area contributed by atoms with Crippen LogP contribution in [0.25, 0.3) is 0 Å². The zero-order valence-electron chi connectivity index (χ0n) is 11.2. The van der Waals surface area contributed by atoms with Crippen LogP contribution in [-0.2, 0) is 6.54 Å². The first-order valence-corrected chi connectivity index (χ1v) is 7.24.